The minimum atomic E-state index is 0.196. The first-order chi connectivity index (χ1) is 9.61. The molecule has 3 nitrogen and oxygen atoms in total. The van der Waals surface area contributed by atoms with Crippen molar-refractivity contribution in [1.29, 1.82) is 0 Å². The third kappa shape index (κ3) is 2.13. The third-order valence-corrected chi connectivity index (χ3v) is 4.94. The highest BCUT2D eigenvalue weighted by Gasteiger charge is 2.19. The molecule has 0 fully saturated rings. The van der Waals surface area contributed by atoms with Gasteiger partial charge in [0.15, 0.2) is 5.65 Å². The Morgan fingerprint density at radius 1 is 1.30 bits per heavy atom. The monoisotopic (exact) mass is 305 g/mol. The molecule has 20 heavy (non-hydrogen) atoms. The first kappa shape index (κ1) is 13.6. The van der Waals surface area contributed by atoms with Crippen molar-refractivity contribution in [2.45, 2.75) is 32.7 Å². The van der Waals surface area contributed by atoms with Crippen LogP contribution in [-0.4, -0.2) is 14.5 Å². The highest BCUT2D eigenvalue weighted by Crippen LogP contribution is 2.30. The van der Waals surface area contributed by atoms with E-state index in [2.05, 4.69) is 47.4 Å². The number of hydrogen-bond donors (Lipinski definition) is 0. The lowest BCUT2D eigenvalue weighted by Gasteiger charge is -2.14. The van der Waals surface area contributed by atoms with E-state index >= 15 is 0 Å². The van der Waals surface area contributed by atoms with Crippen LogP contribution < -0.4 is 0 Å². The number of thiophene rings is 1. The maximum absolute atomic E-state index is 6.08. The van der Waals surface area contributed by atoms with E-state index in [0.29, 0.717) is 5.88 Å². The Hall–Kier alpha value is -1.39. The van der Waals surface area contributed by atoms with E-state index < -0.39 is 0 Å². The second kappa shape index (κ2) is 5.19. The van der Waals surface area contributed by atoms with Crippen molar-refractivity contribution in [2.75, 3.05) is 0 Å². The summed E-state index contributed by atoms with van der Waals surface area (Å²) < 4.78 is 2.15. The van der Waals surface area contributed by atoms with Gasteiger partial charge in [0.05, 0.1) is 11.9 Å². The van der Waals surface area contributed by atoms with Crippen LogP contribution in [-0.2, 0) is 5.88 Å². The number of imidazole rings is 1. The highest BCUT2D eigenvalue weighted by atomic mass is 35.5. The number of nitrogens with zero attached hydrogens (tertiary/aromatic N) is 3. The maximum Gasteiger partial charge on any atom is 0.160 e. The average Bonchev–Trinajstić information content (AvgIpc) is 3.02. The standard InChI is InChI=1S/C15H16ClN3S/c1-9-6-7-17-15-14(9)18-13(8-16)19(15)11(3)12-5-4-10(2)20-12/h4-7,11H,8H2,1-3H3. The highest BCUT2D eigenvalue weighted by molar-refractivity contribution is 7.12. The molecule has 0 saturated heterocycles. The summed E-state index contributed by atoms with van der Waals surface area (Å²) in [7, 11) is 0. The SMILES string of the molecule is Cc1ccc(C(C)n2c(CCl)nc3c(C)ccnc32)s1. The van der Waals surface area contributed by atoms with Crippen LogP contribution in [0.2, 0.25) is 0 Å². The van der Waals surface area contributed by atoms with Crippen LogP contribution in [0, 0.1) is 13.8 Å². The Balaban J connectivity index is 2.21. The van der Waals surface area contributed by atoms with Gasteiger partial charge in [-0.2, -0.15) is 0 Å². The van der Waals surface area contributed by atoms with Gasteiger partial charge in [0.2, 0.25) is 0 Å². The lowest BCUT2D eigenvalue weighted by molar-refractivity contribution is 0.639. The molecule has 0 N–H and O–H groups in total. The molecule has 3 aromatic rings. The van der Waals surface area contributed by atoms with Gasteiger partial charge in [-0.1, -0.05) is 0 Å². The Labute approximate surface area is 127 Å². The lowest BCUT2D eigenvalue weighted by Crippen LogP contribution is -2.09. The Bertz CT molecular complexity index is 760. The lowest BCUT2D eigenvalue weighted by atomic mass is 10.2. The van der Waals surface area contributed by atoms with Gasteiger partial charge in [-0.3, -0.25) is 0 Å². The normalized spacial score (nSPS) is 13.0. The van der Waals surface area contributed by atoms with E-state index in [1.807, 2.05) is 12.3 Å². The van der Waals surface area contributed by atoms with Crippen LogP contribution in [0.4, 0.5) is 0 Å². The number of halogens is 1. The van der Waals surface area contributed by atoms with E-state index in [-0.39, 0.29) is 6.04 Å². The number of hydrogen-bond acceptors (Lipinski definition) is 3. The third-order valence-electron chi connectivity index (χ3n) is 3.53. The van der Waals surface area contributed by atoms with Gasteiger partial charge in [0.1, 0.15) is 11.3 Å². The molecule has 0 aliphatic carbocycles. The Kier molecular flexibility index (Phi) is 3.52. The number of aryl methyl sites for hydroxylation is 2. The summed E-state index contributed by atoms with van der Waals surface area (Å²) in [6, 6.07) is 6.50. The predicted molar refractivity (Wildman–Crippen MR) is 84.7 cm³/mol. The zero-order chi connectivity index (χ0) is 14.3. The fourth-order valence-electron chi connectivity index (χ4n) is 2.46. The molecule has 3 heterocycles. The molecule has 0 aromatic carbocycles. The van der Waals surface area contributed by atoms with Gasteiger partial charge < -0.3 is 4.57 Å². The molecule has 0 bridgehead atoms. The summed E-state index contributed by atoms with van der Waals surface area (Å²) in [4.78, 5) is 11.8. The van der Waals surface area contributed by atoms with E-state index in [1.54, 1.807) is 11.3 Å². The summed E-state index contributed by atoms with van der Waals surface area (Å²) in [5.41, 5.74) is 3.00. The molecule has 3 aromatic heterocycles. The van der Waals surface area contributed by atoms with Crippen molar-refractivity contribution in [3.8, 4) is 0 Å². The molecule has 104 valence electrons. The fourth-order valence-corrected chi connectivity index (χ4v) is 3.57. The summed E-state index contributed by atoms with van der Waals surface area (Å²) >= 11 is 7.89. The van der Waals surface area contributed by atoms with Crippen LogP contribution in [0.1, 0.15) is 34.1 Å². The molecule has 0 aliphatic rings. The van der Waals surface area contributed by atoms with Gasteiger partial charge in [0.25, 0.3) is 0 Å². The van der Waals surface area contributed by atoms with Crippen molar-refractivity contribution < 1.29 is 0 Å². The van der Waals surface area contributed by atoms with Crippen molar-refractivity contribution in [1.82, 2.24) is 14.5 Å². The second-order valence-electron chi connectivity index (χ2n) is 4.96. The largest absolute Gasteiger partial charge is 0.304 e. The van der Waals surface area contributed by atoms with Gasteiger partial charge in [-0.15, -0.1) is 22.9 Å². The smallest absolute Gasteiger partial charge is 0.160 e. The number of fused-ring (bicyclic) bond motifs is 1. The van der Waals surface area contributed by atoms with Crippen LogP contribution in [0.25, 0.3) is 11.2 Å². The molecular weight excluding hydrogens is 290 g/mol. The molecule has 0 spiro atoms. The van der Waals surface area contributed by atoms with Gasteiger partial charge in [-0.05, 0) is 44.5 Å². The Morgan fingerprint density at radius 3 is 2.75 bits per heavy atom. The minimum absolute atomic E-state index is 0.196. The summed E-state index contributed by atoms with van der Waals surface area (Å²) in [6.45, 7) is 6.35. The van der Waals surface area contributed by atoms with E-state index in [0.717, 1.165) is 22.6 Å². The number of rotatable bonds is 3. The average molecular weight is 306 g/mol. The van der Waals surface area contributed by atoms with Crippen LogP contribution in [0.3, 0.4) is 0 Å². The molecule has 0 amide bonds. The molecule has 0 aliphatic heterocycles. The predicted octanol–water partition coefficient (Wildman–Crippen LogP) is 4.46. The summed E-state index contributed by atoms with van der Waals surface area (Å²) in [5.74, 6) is 1.27. The molecule has 3 rings (SSSR count). The zero-order valence-electron chi connectivity index (χ0n) is 11.7. The second-order valence-corrected chi connectivity index (χ2v) is 6.54. The van der Waals surface area contributed by atoms with E-state index in [1.165, 1.54) is 9.75 Å². The van der Waals surface area contributed by atoms with Gasteiger partial charge in [0, 0.05) is 16.0 Å². The molecule has 5 heteroatoms. The van der Waals surface area contributed by atoms with E-state index in [4.69, 9.17) is 11.6 Å². The van der Waals surface area contributed by atoms with Crippen molar-refractivity contribution in [2.24, 2.45) is 0 Å². The first-order valence-corrected chi connectivity index (χ1v) is 7.91. The first-order valence-electron chi connectivity index (χ1n) is 6.56. The van der Waals surface area contributed by atoms with Crippen LogP contribution in [0.5, 0.6) is 0 Å². The summed E-state index contributed by atoms with van der Waals surface area (Å²) in [6.07, 6.45) is 1.83. The molecule has 1 atom stereocenters. The van der Waals surface area contributed by atoms with Crippen molar-refractivity contribution >= 4 is 34.1 Å². The zero-order valence-corrected chi connectivity index (χ0v) is 13.3. The van der Waals surface area contributed by atoms with E-state index in [9.17, 15) is 0 Å². The number of pyridine rings is 1. The molecule has 1 unspecified atom stereocenters. The maximum atomic E-state index is 6.08. The van der Waals surface area contributed by atoms with Crippen molar-refractivity contribution in [3.05, 3.63) is 45.5 Å². The fraction of sp³-hybridized carbons (Fsp3) is 0.333. The Morgan fingerprint density at radius 2 is 2.10 bits per heavy atom. The quantitative estimate of drug-likeness (QED) is 0.669. The van der Waals surface area contributed by atoms with Gasteiger partial charge >= 0.3 is 0 Å². The minimum Gasteiger partial charge on any atom is -0.304 e. The van der Waals surface area contributed by atoms with Gasteiger partial charge in [-0.25, -0.2) is 9.97 Å². The molecular formula is C15H16ClN3S. The van der Waals surface area contributed by atoms with Crippen LogP contribution in [0.15, 0.2) is 24.4 Å². The molecule has 0 radical (unpaired) electrons. The topological polar surface area (TPSA) is 30.7 Å². The number of aromatic nitrogens is 3. The number of alkyl halides is 1. The molecule has 0 saturated carbocycles. The van der Waals surface area contributed by atoms with Crippen LogP contribution >= 0.6 is 22.9 Å². The summed E-state index contributed by atoms with van der Waals surface area (Å²) in [5, 5.41) is 0. The van der Waals surface area contributed by atoms with Crippen molar-refractivity contribution in [3.63, 3.8) is 0 Å².